The predicted octanol–water partition coefficient (Wildman–Crippen LogP) is 2.89. The molecule has 0 bridgehead atoms. The summed E-state index contributed by atoms with van der Waals surface area (Å²) in [7, 11) is 1.96. The molecule has 0 saturated carbocycles. The molecule has 0 aliphatic rings. The summed E-state index contributed by atoms with van der Waals surface area (Å²) >= 11 is 0. The standard InChI is InChI=1S/C10H25NOSi/c1-9(2,3)13(11-7,12-8)10(4,5)6/h11H,1-8H3. The van der Waals surface area contributed by atoms with Gasteiger partial charge in [-0.25, -0.2) is 0 Å². The van der Waals surface area contributed by atoms with Crippen LogP contribution in [0.4, 0.5) is 0 Å². The van der Waals surface area contributed by atoms with Crippen molar-refractivity contribution in [1.82, 2.24) is 4.98 Å². The molecule has 0 rings (SSSR count). The smallest absolute Gasteiger partial charge is 0.279 e. The van der Waals surface area contributed by atoms with Crippen molar-refractivity contribution in [2.24, 2.45) is 0 Å². The summed E-state index contributed by atoms with van der Waals surface area (Å²) in [4.78, 5) is 3.46. The summed E-state index contributed by atoms with van der Waals surface area (Å²) < 4.78 is 5.84. The van der Waals surface area contributed by atoms with Crippen molar-refractivity contribution in [3.05, 3.63) is 0 Å². The van der Waals surface area contributed by atoms with Crippen LogP contribution in [0.2, 0.25) is 10.1 Å². The van der Waals surface area contributed by atoms with Gasteiger partial charge in [0.2, 0.25) is 0 Å². The molecule has 0 radical (unpaired) electrons. The molecule has 3 heteroatoms. The van der Waals surface area contributed by atoms with E-state index in [4.69, 9.17) is 4.43 Å². The van der Waals surface area contributed by atoms with Crippen molar-refractivity contribution in [3.8, 4) is 0 Å². The highest BCUT2D eigenvalue weighted by Crippen LogP contribution is 2.48. The van der Waals surface area contributed by atoms with Crippen molar-refractivity contribution in [2.45, 2.75) is 51.6 Å². The Balaban J connectivity index is 5.17. The summed E-state index contributed by atoms with van der Waals surface area (Å²) in [5.74, 6) is 0. The van der Waals surface area contributed by atoms with E-state index in [-0.39, 0.29) is 10.1 Å². The van der Waals surface area contributed by atoms with Gasteiger partial charge in [0, 0.05) is 7.11 Å². The molecule has 0 aliphatic heterocycles. The fraction of sp³-hybridized carbons (Fsp3) is 1.00. The van der Waals surface area contributed by atoms with Gasteiger partial charge < -0.3 is 9.41 Å². The number of nitrogens with one attached hydrogen (secondary N) is 1. The molecule has 0 aliphatic carbocycles. The first-order valence-electron chi connectivity index (χ1n) is 4.86. The SMILES string of the molecule is CN[Si](OC)(C(C)(C)C)C(C)(C)C. The molecule has 80 valence electrons. The van der Waals surface area contributed by atoms with Crippen molar-refractivity contribution in [1.29, 1.82) is 0 Å². The highest BCUT2D eigenvalue weighted by Gasteiger charge is 2.54. The molecule has 2 nitrogen and oxygen atoms in total. The Morgan fingerprint density at radius 1 is 0.923 bits per heavy atom. The maximum atomic E-state index is 5.84. The molecule has 0 saturated heterocycles. The molecule has 0 amide bonds. The lowest BCUT2D eigenvalue weighted by molar-refractivity contribution is 0.314. The maximum absolute atomic E-state index is 5.84. The Morgan fingerprint density at radius 2 is 1.23 bits per heavy atom. The van der Waals surface area contributed by atoms with Crippen molar-refractivity contribution < 1.29 is 4.43 Å². The van der Waals surface area contributed by atoms with Gasteiger partial charge in [-0.2, -0.15) is 0 Å². The molecule has 13 heavy (non-hydrogen) atoms. The van der Waals surface area contributed by atoms with Crippen LogP contribution >= 0.6 is 0 Å². The Kier molecular flexibility index (Phi) is 3.75. The minimum absolute atomic E-state index is 0.203. The van der Waals surface area contributed by atoms with Crippen molar-refractivity contribution >= 4 is 8.48 Å². The highest BCUT2D eigenvalue weighted by atomic mass is 28.4. The number of hydrogen-bond acceptors (Lipinski definition) is 2. The molecular weight excluding hydrogens is 178 g/mol. The summed E-state index contributed by atoms with van der Waals surface area (Å²) in [5, 5.41) is 0.406. The van der Waals surface area contributed by atoms with E-state index in [1.54, 1.807) is 0 Å². The minimum Gasteiger partial charge on any atom is -0.406 e. The quantitative estimate of drug-likeness (QED) is 0.697. The van der Waals surface area contributed by atoms with E-state index in [9.17, 15) is 0 Å². The van der Waals surface area contributed by atoms with Crippen molar-refractivity contribution in [2.75, 3.05) is 14.2 Å². The third-order valence-electron chi connectivity index (χ3n) is 2.77. The third-order valence-corrected chi connectivity index (χ3v) is 8.31. The summed E-state index contributed by atoms with van der Waals surface area (Å²) in [6, 6.07) is 0. The zero-order chi connectivity index (χ0) is 10.9. The third kappa shape index (κ3) is 2.14. The predicted molar refractivity (Wildman–Crippen MR) is 61.3 cm³/mol. The number of hydrogen-bond donors (Lipinski definition) is 1. The molecule has 0 unspecified atom stereocenters. The van der Waals surface area contributed by atoms with Crippen LogP contribution in [0.5, 0.6) is 0 Å². The van der Waals surface area contributed by atoms with Gasteiger partial charge in [0.25, 0.3) is 8.48 Å². The maximum Gasteiger partial charge on any atom is 0.279 e. The van der Waals surface area contributed by atoms with Gasteiger partial charge in [0.15, 0.2) is 0 Å². The lowest BCUT2D eigenvalue weighted by atomic mass is 10.2. The van der Waals surface area contributed by atoms with Crippen LogP contribution in [-0.2, 0) is 4.43 Å². The van der Waals surface area contributed by atoms with Crippen LogP contribution < -0.4 is 4.98 Å². The topological polar surface area (TPSA) is 21.3 Å². The zero-order valence-electron chi connectivity index (χ0n) is 10.4. The summed E-state index contributed by atoms with van der Waals surface area (Å²) in [5.41, 5.74) is 0. The first-order valence-corrected chi connectivity index (χ1v) is 6.77. The van der Waals surface area contributed by atoms with Gasteiger partial charge in [-0.05, 0) is 17.1 Å². The Morgan fingerprint density at radius 3 is 1.23 bits per heavy atom. The summed E-state index contributed by atoms with van der Waals surface area (Å²) in [6.07, 6.45) is 0. The fourth-order valence-corrected chi connectivity index (χ4v) is 7.77. The van der Waals surface area contributed by atoms with E-state index in [2.05, 4.69) is 46.5 Å². The van der Waals surface area contributed by atoms with E-state index in [0.717, 1.165) is 0 Å². The molecule has 0 aromatic heterocycles. The lowest BCUT2D eigenvalue weighted by Crippen LogP contribution is -2.63. The molecule has 0 spiro atoms. The van der Waals surface area contributed by atoms with Gasteiger partial charge in [0.1, 0.15) is 0 Å². The number of rotatable bonds is 2. The summed E-state index contributed by atoms with van der Waals surface area (Å²) in [6.45, 7) is 13.5. The molecule has 0 atom stereocenters. The van der Waals surface area contributed by atoms with E-state index < -0.39 is 8.48 Å². The van der Waals surface area contributed by atoms with Crippen LogP contribution in [0.1, 0.15) is 41.5 Å². The second-order valence-corrected chi connectivity index (χ2v) is 10.9. The van der Waals surface area contributed by atoms with Crippen molar-refractivity contribution in [3.63, 3.8) is 0 Å². The second kappa shape index (κ2) is 3.71. The van der Waals surface area contributed by atoms with E-state index in [1.165, 1.54) is 0 Å². The molecular formula is C10H25NOSi. The fourth-order valence-electron chi connectivity index (χ4n) is 2.59. The Bertz CT molecular complexity index is 147. The molecule has 1 N–H and O–H groups in total. The zero-order valence-corrected chi connectivity index (χ0v) is 11.4. The first-order chi connectivity index (χ1) is 5.62. The largest absolute Gasteiger partial charge is 0.406 e. The van der Waals surface area contributed by atoms with Gasteiger partial charge in [-0.1, -0.05) is 41.5 Å². The van der Waals surface area contributed by atoms with E-state index in [1.807, 2.05) is 14.2 Å². The second-order valence-electron chi connectivity index (χ2n) is 5.64. The van der Waals surface area contributed by atoms with Crippen LogP contribution in [-0.4, -0.2) is 22.6 Å². The van der Waals surface area contributed by atoms with Gasteiger partial charge >= 0.3 is 0 Å². The van der Waals surface area contributed by atoms with Crippen LogP contribution in [0.3, 0.4) is 0 Å². The molecule has 0 aromatic rings. The Hall–Kier alpha value is 0.137. The molecule has 0 heterocycles. The van der Waals surface area contributed by atoms with Crippen LogP contribution in [0.15, 0.2) is 0 Å². The van der Waals surface area contributed by atoms with Gasteiger partial charge in [0.05, 0.1) is 0 Å². The molecule has 0 aromatic carbocycles. The Labute approximate surface area is 84.3 Å². The minimum atomic E-state index is -1.90. The normalized spacial score (nSPS) is 14.8. The van der Waals surface area contributed by atoms with Gasteiger partial charge in [-0.3, -0.25) is 0 Å². The van der Waals surface area contributed by atoms with E-state index in [0.29, 0.717) is 0 Å². The van der Waals surface area contributed by atoms with Gasteiger partial charge in [-0.15, -0.1) is 0 Å². The lowest BCUT2D eigenvalue weighted by Gasteiger charge is -2.49. The average Bonchev–Trinajstić information content (AvgIpc) is 1.84. The molecule has 0 fully saturated rings. The monoisotopic (exact) mass is 203 g/mol. The van der Waals surface area contributed by atoms with Crippen LogP contribution in [0, 0.1) is 0 Å². The van der Waals surface area contributed by atoms with E-state index >= 15 is 0 Å². The average molecular weight is 203 g/mol. The highest BCUT2D eigenvalue weighted by molar-refractivity contribution is 6.77. The first kappa shape index (κ1) is 13.1. The van der Waals surface area contributed by atoms with Crippen LogP contribution in [0.25, 0.3) is 0 Å².